The number of carbonyl (C=O) groups excluding carboxylic acids is 3. The summed E-state index contributed by atoms with van der Waals surface area (Å²) in [6.07, 6.45) is 1.64. The highest BCUT2D eigenvalue weighted by atomic mass is 32.2. The number of para-hydroxylation sites is 1. The van der Waals surface area contributed by atoms with Crippen molar-refractivity contribution < 1.29 is 23.9 Å². The van der Waals surface area contributed by atoms with Crippen LogP contribution >= 0.6 is 24.0 Å². The number of thiocarbonyl (C=S) groups is 1. The van der Waals surface area contributed by atoms with Crippen LogP contribution in [0.4, 0.5) is 5.69 Å². The lowest BCUT2D eigenvalue weighted by Crippen LogP contribution is -2.44. The predicted molar refractivity (Wildman–Crippen MR) is 142 cm³/mol. The maximum absolute atomic E-state index is 12.9. The molecule has 1 fully saturated rings. The maximum atomic E-state index is 12.9. The highest BCUT2D eigenvalue weighted by Gasteiger charge is 2.33. The highest BCUT2D eigenvalue weighted by Crippen LogP contribution is 2.34. The van der Waals surface area contributed by atoms with Gasteiger partial charge in [-0.05, 0) is 60.3 Å². The zero-order valence-corrected chi connectivity index (χ0v) is 20.7. The Labute approximate surface area is 217 Å². The summed E-state index contributed by atoms with van der Waals surface area (Å²) in [4.78, 5) is 37.8. The first-order valence-corrected chi connectivity index (χ1v) is 12.0. The van der Waals surface area contributed by atoms with Crippen LogP contribution < -0.4 is 20.2 Å². The summed E-state index contributed by atoms with van der Waals surface area (Å²) in [6.45, 7) is -0.204. The van der Waals surface area contributed by atoms with Crippen molar-refractivity contribution in [2.24, 2.45) is 0 Å². The average molecular weight is 520 g/mol. The van der Waals surface area contributed by atoms with Crippen LogP contribution in [0.15, 0.2) is 83.8 Å². The van der Waals surface area contributed by atoms with Crippen LogP contribution in [0.25, 0.3) is 6.08 Å². The number of anilines is 1. The van der Waals surface area contributed by atoms with Gasteiger partial charge in [-0.25, -0.2) is 0 Å². The molecule has 182 valence electrons. The number of hydrogen-bond acceptors (Lipinski definition) is 7. The zero-order chi connectivity index (χ0) is 25.5. The number of ether oxygens (including phenoxy) is 2. The standard InChI is InChI=1S/C26H21N3O5S2/c1-33-21-14-17(12-13-20(21)34-16-23(30)27-19-10-6-3-7-11-19)15-22-25(32)29(26(35)36-22)28-24(31)18-8-4-2-5-9-18/h2-15H,16H2,1H3,(H,27,30)(H,28,31). The Morgan fingerprint density at radius 1 is 1.00 bits per heavy atom. The van der Waals surface area contributed by atoms with Crippen LogP contribution in [-0.2, 0) is 9.59 Å². The second kappa shape index (κ2) is 11.5. The van der Waals surface area contributed by atoms with Crippen molar-refractivity contribution in [3.05, 3.63) is 94.9 Å². The first-order valence-electron chi connectivity index (χ1n) is 10.7. The third kappa shape index (κ3) is 6.09. The fourth-order valence-corrected chi connectivity index (χ4v) is 4.41. The summed E-state index contributed by atoms with van der Waals surface area (Å²) in [6, 6.07) is 22.7. The van der Waals surface area contributed by atoms with Crippen LogP contribution in [0.1, 0.15) is 15.9 Å². The molecular weight excluding hydrogens is 498 g/mol. The Morgan fingerprint density at radius 3 is 2.39 bits per heavy atom. The molecule has 3 amide bonds. The molecule has 0 spiro atoms. The van der Waals surface area contributed by atoms with Gasteiger partial charge in [0.1, 0.15) is 0 Å². The van der Waals surface area contributed by atoms with E-state index in [0.717, 1.165) is 16.8 Å². The summed E-state index contributed by atoms with van der Waals surface area (Å²) >= 11 is 6.36. The van der Waals surface area contributed by atoms with Crippen molar-refractivity contribution in [2.45, 2.75) is 0 Å². The smallest absolute Gasteiger partial charge is 0.285 e. The maximum Gasteiger partial charge on any atom is 0.285 e. The van der Waals surface area contributed by atoms with Crippen LogP contribution in [-0.4, -0.2) is 40.8 Å². The number of hydrogen-bond donors (Lipinski definition) is 2. The van der Waals surface area contributed by atoms with Gasteiger partial charge in [-0.3, -0.25) is 19.8 Å². The summed E-state index contributed by atoms with van der Waals surface area (Å²) in [5, 5.41) is 3.80. The van der Waals surface area contributed by atoms with E-state index in [4.69, 9.17) is 21.7 Å². The zero-order valence-electron chi connectivity index (χ0n) is 19.1. The van der Waals surface area contributed by atoms with Crippen molar-refractivity contribution in [3.8, 4) is 11.5 Å². The van der Waals surface area contributed by atoms with Gasteiger partial charge in [0.25, 0.3) is 17.7 Å². The van der Waals surface area contributed by atoms with Crippen molar-refractivity contribution in [3.63, 3.8) is 0 Å². The second-order valence-electron chi connectivity index (χ2n) is 7.44. The monoisotopic (exact) mass is 519 g/mol. The Kier molecular flexibility index (Phi) is 7.99. The summed E-state index contributed by atoms with van der Waals surface area (Å²) in [5.74, 6) is -0.419. The minimum atomic E-state index is -0.439. The van der Waals surface area contributed by atoms with Crippen molar-refractivity contribution in [2.75, 3.05) is 19.0 Å². The Balaban J connectivity index is 1.41. The van der Waals surface area contributed by atoms with E-state index in [1.54, 1.807) is 66.7 Å². The van der Waals surface area contributed by atoms with E-state index in [9.17, 15) is 14.4 Å². The minimum Gasteiger partial charge on any atom is -0.493 e. The Morgan fingerprint density at radius 2 is 1.69 bits per heavy atom. The van der Waals surface area contributed by atoms with Gasteiger partial charge in [0.05, 0.1) is 12.0 Å². The lowest BCUT2D eigenvalue weighted by Gasteiger charge is -2.15. The van der Waals surface area contributed by atoms with Crippen LogP contribution in [0.5, 0.6) is 11.5 Å². The van der Waals surface area contributed by atoms with E-state index in [-0.39, 0.29) is 16.8 Å². The number of hydrazine groups is 1. The first-order chi connectivity index (χ1) is 17.4. The van der Waals surface area contributed by atoms with Gasteiger partial charge in [-0.2, -0.15) is 5.01 Å². The Bertz CT molecular complexity index is 1330. The molecule has 4 rings (SSSR count). The van der Waals surface area contributed by atoms with Crippen molar-refractivity contribution in [1.82, 2.24) is 10.4 Å². The number of nitrogens with zero attached hydrogens (tertiary/aromatic N) is 1. The van der Waals surface area contributed by atoms with Crippen LogP contribution in [0, 0.1) is 0 Å². The van der Waals surface area contributed by atoms with E-state index in [1.807, 2.05) is 18.2 Å². The number of amides is 3. The summed E-state index contributed by atoms with van der Waals surface area (Å²) < 4.78 is 11.2. The number of methoxy groups -OCH3 is 1. The fraction of sp³-hybridized carbons (Fsp3) is 0.0769. The molecule has 2 N–H and O–H groups in total. The normalized spacial score (nSPS) is 14.0. The number of rotatable bonds is 8. The van der Waals surface area contributed by atoms with Gasteiger partial charge in [-0.15, -0.1) is 0 Å². The van der Waals surface area contributed by atoms with E-state index in [0.29, 0.717) is 33.2 Å². The van der Waals surface area contributed by atoms with Crippen molar-refractivity contribution in [1.29, 1.82) is 0 Å². The van der Waals surface area contributed by atoms with Gasteiger partial charge in [0, 0.05) is 11.3 Å². The number of nitrogens with one attached hydrogen (secondary N) is 2. The van der Waals surface area contributed by atoms with E-state index in [2.05, 4.69) is 10.7 Å². The molecule has 0 atom stereocenters. The van der Waals surface area contributed by atoms with Gasteiger partial charge < -0.3 is 14.8 Å². The molecule has 0 saturated carbocycles. The molecule has 0 bridgehead atoms. The molecule has 36 heavy (non-hydrogen) atoms. The molecule has 1 aliphatic rings. The molecule has 3 aromatic rings. The fourth-order valence-electron chi connectivity index (χ4n) is 3.23. The molecule has 1 aliphatic heterocycles. The molecule has 0 unspecified atom stereocenters. The predicted octanol–water partition coefficient (Wildman–Crippen LogP) is 4.26. The SMILES string of the molecule is COc1cc(C=C2SC(=S)N(NC(=O)c3ccccc3)C2=O)ccc1OCC(=O)Nc1ccccc1. The van der Waals surface area contributed by atoms with E-state index >= 15 is 0 Å². The topological polar surface area (TPSA) is 97.0 Å². The minimum absolute atomic E-state index is 0.204. The molecule has 8 nitrogen and oxygen atoms in total. The third-order valence-electron chi connectivity index (χ3n) is 4.94. The number of carbonyl (C=O) groups is 3. The lowest BCUT2D eigenvalue weighted by atomic mass is 10.2. The van der Waals surface area contributed by atoms with Gasteiger partial charge in [-0.1, -0.05) is 54.2 Å². The second-order valence-corrected chi connectivity index (χ2v) is 9.11. The molecular formula is C26H21N3O5S2. The molecule has 3 aromatic carbocycles. The molecule has 1 heterocycles. The van der Waals surface area contributed by atoms with E-state index in [1.165, 1.54) is 7.11 Å². The van der Waals surface area contributed by atoms with Gasteiger partial charge in [0.15, 0.2) is 22.4 Å². The molecule has 1 saturated heterocycles. The lowest BCUT2D eigenvalue weighted by molar-refractivity contribution is -0.123. The average Bonchev–Trinajstić information content (AvgIpc) is 3.16. The number of benzene rings is 3. The van der Waals surface area contributed by atoms with Crippen LogP contribution in [0.2, 0.25) is 0 Å². The summed E-state index contributed by atoms with van der Waals surface area (Å²) in [5.41, 5.74) is 4.28. The number of thioether (sulfide) groups is 1. The molecule has 10 heteroatoms. The van der Waals surface area contributed by atoms with Gasteiger partial charge in [0.2, 0.25) is 0 Å². The molecule has 0 radical (unpaired) electrons. The van der Waals surface area contributed by atoms with Crippen molar-refractivity contribution >= 4 is 57.8 Å². The van der Waals surface area contributed by atoms with Crippen LogP contribution in [0.3, 0.4) is 0 Å². The summed E-state index contributed by atoms with van der Waals surface area (Å²) in [7, 11) is 1.48. The molecule has 0 aliphatic carbocycles. The third-order valence-corrected chi connectivity index (χ3v) is 6.25. The van der Waals surface area contributed by atoms with Gasteiger partial charge >= 0.3 is 0 Å². The highest BCUT2D eigenvalue weighted by molar-refractivity contribution is 8.26. The first kappa shape index (κ1) is 25.0. The molecule has 0 aromatic heterocycles. The quantitative estimate of drug-likeness (QED) is 0.339. The largest absolute Gasteiger partial charge is 0.493 e. The Hall–Kier alpha value is -4.15. The van der Waals surface area contributed by atoms with E-state index < -0.39 is 11.8 Å².